The van der Waals surface area contributed by atoms with Crippen LogP contribution in [0.15, 0.2) is 10.6 Å². The number of amides is 1. The Balaban J connectivity index is 1.92. The third kappa shape index (κ3) is 5.51. The molecule has 6 heteroatoms. The molecule has 1 saturated heterocycles. The van der Waals surface area contributed by atoms with E-state index in [2.05, 4.69) is 24.0 Å². The van der Waals surface area contributed by atoms with Crippen molar-refractivity contribution in [2.45, 2.75) is 59.6 Å². The molecule has 0 N–H and O–H groups in total. The minimum atomic E-state index is -0.452. The minimum Gasteiger partial charge on any atom is -0.444 e. The van der Waals surface area contributed by atoms with E-state index in [-0.39, 0.29) is 11.5 Å². The van der Waals surface area contributed by atoms with Gasteiger partial charge in [0.1, 0.15) is 11.4 Å². The zero-order valence-corrected chi connectivity index (χ0v) is 15.9. The van der Waals surface area contributed by atoms with Gasteiger partial charge in [-0.15, -0.1) is 0 Å². The van der Waals surface area contributed by atoms with Crippen LogP contribution in [0.3, 0.4) is 0 Å². The summed E-state index contributed by atoms with van der Waals surface area (Å²) in [6, 6.07) is 1.96. The van der Waals surface area contributed by atoms with Crippen LogP contribution in [-0.4, -0.2) is 53.3 Å². The standard InChI is InChI=1S/C18H31N3O3/c1-14-10-15(19-24-14)11-20(6)12-18(5)8-7-9-21(13-18)16(22)23-17(2,3)4/h10H,7-9,11-13H2,1-6H3/t18-/m1/s1. The summed E-state index contributed by atoms with van der Waals surface area (Å²) in [6.07, 6.45) is 1.91. The van der Waals surface area contributed by atoms with Crippen molar-refractivity contribution in [2.75, 3.05) is 26.7 Å². The first-order valence-corrected chi connectivity index (χ1v) is 8.65. The van der Waals surface area contributed by atoms with Crippen molar-refractivity contribution in [1.29, 1.82) is 0 Å². The molecular formula is C18H31N3O3. The van der Waals surface area contributed by atoms with Gasteiger partial charge < -0.3 is 14.2 Å². The van der Waals surface area contributed by atoms with Gasteiger partial charge in [-0.05, 0) is 53.0 Å². The van der Waals surface area contributed by atoms with E-state index in [9.17, 15) is 4.79 Å². The molecule has 1 amide bonds. The van der Waals surface area contributed by atoms with Crippen LogP contribution in [-0.2, 0) is 11.3 Å². The van der Waals surface area contributed by atoms with Crippen molar-refractivity contribution in [3.63, 3.8) is 0 Å². The van der Waals surface area contributed by atoms with Crippen LogP contribution in [0, 0.1) is 12.3 Å². The maximum Gasteiger partial charge on any atom is 0.410 e. The summed E-state index contributed by atoms with van der Waals surface area (Å²) in [4.78, 5) is 16.4. The second-order valence-electron chi connectivity index (χ2n) is 8.42. The fourth-order valence-electron chi connectivity index (χ4n) is 3.40. The Kier molecular flexibility index (Phi) is 5.58. The fraction of sp³-hybridized carbons (Fsp3) is 0.778. The smallest absolute Gasteiger partial charge is 0.410 e. The number of likely N-dealkylation sites (tertiary alicyclic amines) is 1. The van der Waals surface area contributed by atoms with E-state index in [1.165, 1.54) is 0 Å². The zero-order valence-electron chi connectivity index (χ0n) is 15.9. The topological polar surface area (TPSA) is 58.8 Å². The first-order valence-electron chi connectivity index (χ1n) is 8.65. The van der Waals surface area contributed by atoms with Gasteiger partial charge in [0.15, 0.2) is 0 Å². The molecule has 2 rings (SSSR count). The average Bonchev–Trinajstić information content (AvgIpc) is 2.81. The van der Waals surface area contributed by atoms with E-state index < -0.39 is 5.60 Å². The third-order valence-electron chi connectivity index (χ3n) is 4.19. The molecule has 0 spiro atoms. The van der Waals surface area contributed by atoms with Gasteiger partial charge in [0, 0.05) is 32.2 Å². The Hall–Kier alpha value is -1.56. The van der Waals surface area contributed by atoms with Gasteiger partial charge in [0.05, 0.1) is 5.69 Å². The van der Waals surface area contributed by atoms with Crippen LogP contribution in [0.2, 0.25) is 0 Å². The van der Waals surface area contributed by atoms with Crippen LogP contribution < -0.4 is 0 Å². The highest BCUT2D eigenvalue weighted by atomic mass is 16.6. The van der Waals surface area contributed by atoms with Gasteiger partial charge in [-0.2, -0.15) is 0 Å². The Bertz CT molecular complexity index is 564. The molecule has 0 radical (unpaired) electrons. The molecule has 1 fully saturated rings. The number of nitrogens with zero attached hydrogens (tertiary/aromatic N) is 3. The highest BCUT2D eigenvalue weighted by Crippen LogP contribution is 2.31. The number of hydrogen-bond donors (Lipinski definition) is 0. The molecule has 0 bridgehead atoms. The average molecular weight is 337 g/mol. The Morgan fingerprint density at radius 2 is 2.21 bits per heavy atom. The predicted molar refractivity (Wildman–Crippen MR) is 92.7 cm³/mol. The number of hydrogen-bond acceptors (Lipinski definition) is 5. The summed E-state index contributed by atoms with van der Waals surface area (Å²) in [7, 11) is 2.09. The van der Waals surface area contributed by atoms with Crippen molar-refractivity contribution < 1.29 is 14.1 Å². The molecule has 0 unspecified atom stereocenters. The van der Waals surface area contributed by atoms with Crippen molar-refractivity contribution in [1.82, 2.24) is 15.0 Å². The summed E-state index contributed by atoms with van der Waals surface area (Å²) in [6.45, 7) is 13.0. The van der Waals surface area contributed by atoms with Crippen molar-refractivity contribution in [2.24, 2.45) is 5.41 Å². The van der Waals surface area contributed by atoms with Gasteiger partial charge in [-0.1, -0.05) is 12.1 Å². The van der Waals surface area contributed by atoms with Gasteiger partial charge in [0.2, 0.25) is 0 Å². The molecule has 0 aromatic carbocycles. The Labute approximate surface area is 145 Å². The van der Waals surface area contributed by atoms with Crippen LogP contribution in [0.5, 0.6) is 0 Å². The number of piperidine rings is 1. The number of aromatic nitrogens is 1. The molecule has 1 aliphatic rings. The number of ether oxygens (including phenoxy) is 1. The largest absolute Gasteiger partial charge is 0.444 e. The number of carbonyl (C=O) groups excluding carboxylic acids is 1. The van der Waals surface area contributed by atoms with Gasteiger partial charge >= 0.3 is 6.09 Å². The molecule has 0 aliphatic carbocycles. The number of aryl methyl sites for hydroxylation is 1. The summed E-state index contributed by atoms with van der Waals surface area (Å²) in [5.41, 5.74) is 0.549. The van der Waals surface area contributed by atoms with Crippen molar-refractivity contribution in [3.05, 3.63) is 17.5 Å². The molecule has 1 aromatic heterocycles. The van der Waals surface area contributed by atoms with Crippen LogP contribution in [0.25, 0.3) is 0 Å². The third-order valence-corrected chi connectivity index (χ3v) is 4.19. The zero-order chi connectivity index (χ0) is 18.0. The Morgan fingerprint density at radius 1 is 1.50 bits per heavy atom. The lowest BCUT2D eigenvalue weighted by Crippen LogP contribution is -2.50. The molecule has 1 aromatic rings. The van der Waals surface area contributed by atoms with E-state index in [0.29, 0.717) is 0 Å². The highest BCUT2D eigenvalue weighted by Gasteiger charge is 2.35. The Morgan fingerprint density at radius 3 is 2.79 bits per heavy atom. The highest BCUT2D eigenvalue weighted by molar-refractivity contribution is 5.68. The van der Waals surface area contributed by atoms with Gasteiger partial charge in [0.25, 0.3) is 0 Å². The lowest BCUT2D eigenvalue weighted by molar-refractivity contribution is 0.00156. The van der Waals surface area contributed by atoms with E-state index in [1.807, 2.05) is 38.7 Å². The van der Waals surface area contributed by atoms with E-state index >= 15 is 0 Å². The number of carbonyl (C=O) groups is 1. The summed E-state index contributed by atoms with van der Waals surface area (Å²) in [5.74, 6) is 0.832. The second-order valence-corrected chi connectivity index (χ2v) is 8.42. The molecule has 24 heavy (non-hydrogen) atoms. The van der Waals surface area contributed by atoms with E-state index in [1.54, 1.807) is 0 Å². The van der Waals surface area contributed by atoms with Gasteiger partial charge in [-0.25, -0.2) is 4.79 Å². The van der Waals surface area contributed by atoms with Crippen molar-refractivity contribution >= 4 is 6.09 Å². The lowest BCUT2D eigenvalue weighted by Gasteiger charge is -2.42. The normalized spacial score (nSPS) is 22.0. The van der Waals surface area contributed by atoms with Crippen LogP contribution in [0.4, 0.5) is 4.79 Å². The summed E-state index contributed by atoms with van der Waals surface area (Å²) < 4.78 is 10.7. The maximum absolute atomic E-state index is 12.3. The summed E-state index contributed by atoms with van der Waals surface area (Å²) in [5, 5.41) is 4.05. The molecular weight excluding hydrogens is 306 g/mol. The lowest BCUT2D eigenvalue weighted by atomic mass is 9.81. The summed E-state index contributed by atoms with van der Waals surface area (Å²) >= 11 is 0. The molecule has 1 aliphatic heterocycles. The molecule has 6 nitrogen and oxygen atoms in total. The first-order chi connectivity index (χ1) is 11.1. The molecule has 136 valence electrons. The monoisotopic (exact) mass is 337 g/mol. The predicted octanol–water partition coefficient (Wildman–Crippen LogP) is 3.45. The second kappa shape index (κ2) is 7.13. The van der Waals surface area contributed by atoms with Gasteiger partial charge in [-0.3, -0.25) is 4.90 Å². The van der Waals surface area contributed by atoms with E-state index in [4.69, 9.17) is 9.26 Å². The molecule has 1 atom stereocenters. The molecule has 2 heterocycles. The van der Waals surface area contributed by atoms with Crippen LogP contribution in [0.1, 0.15) is 52.0 Å². The van der Waals surface area contributed by atoms with E-state index in [0.717, 1.165) is 50.5 Å². The first kappa shape index (κ1) is 18.8. The minimum absolute atomic E-state index is 0.0582. The fourth-order valence-corrected chi connectivity index (χ4v) is 3.40. The molecule has 0 saturated carbocycles. The quantitative estimate of drug-likeness (QED) is 0.842. The van der Waals surface area contributed by atoms with Crippen LogP contribution >= 0.6 is 0 Å². The van der Waals surface area contributed by atoms with Crippen molar-refractivity contribution in [3.8, 4) is 0 Å². The maximum atomic E-state index is 12.3. The SMILES string of the molecule is Cc1cc(CN(C)C[C@@]2(C)CCCN(C(=O)OC(C)(C)C)C2)no1. The number of rotatable bonds is 4.